The van der Waals surface area contributed by atoms with Crippen molar-refractivity contribution in [3.63, 3.8) is 0 Å². The van der Waals surface area contributed by atoms with Gasteiger partial charge in [-0.05, 0) is 60.5 Å². The number of amides is 1. The van der Waals surface area contributed by atoms with Gasteiger partial charge in [-0.2, -0.15) is 0 Å². The van der Waals surface area contributed by atoms with Crippen LogP contribution in [0, 0.1) is 0 Å². The topological polar surface area (TPSA) is 54.5 Å². The van der Waals surface area contributed by atoms with Gasteiger partial charge in [-0.15, -0.1) is 11.8 Å². The van der Waals surface area contributed by atoms with Crippen LogP contribution < -0.4 is 10.1 Å². The molecular weight excluding hydrogens is 501 g/mol. The van der Waals surface area contributed by atoms with Crippen LogP contribution in [0.1, 0.15) is 23.8 Å². The third-order valence-electron chi connectivity index (χ3n) is 6.17. The Kier molecular flexibility index (Phi) is 7.23. The number of carbonyl (C=O) groups is 1. The molecule has 1 N–H and O–H groups in total. The number of pyridine rings is 1. The number of methoxy groups -OCH3 is 1. The highest BCUT2D eigenvalue weighted by Crippen LogP contribution is 2.38. The van der Waals surface area contributed by atoms with Crippen LogP contribution in [-0.2, 0) is 4.79 Å². The lowest BCUT2D eigenvalue weighted by molar-refractivity contribution is -0.132. The number of thioether (sulfide) groups is 1. The zero-order valence-electron chi connectivity index (χ0n) is 19.3. The second-order valence-corrected chi connectivity index (χ2v) is 10.5. The number of halogens is 2. The molecule has 0 bridgehead atoms. The zero-order chi connectivity index (χ0) is 24.4. The van der Waals surface area contributed by atoms with Gasteiger partial charge >= 0.3 is 0 Å². The number of fused-ring (bicyclic) bond motifs is 2. The second kappa shape index (κ2) is 10.5. The van der Waals surface area contributed by atoms with Crippen LogP contribution in [-0.4, -0.2) is 41.7 Å². The number of nitrogens with one attached hydrogen (secondary N) is 1. The third kappa shape index (κ3) is 5.15. The number of nitrogens with zero attached hydrogens (tertiary/aromatic N) is 2. The SMILES string of the molecule is COc1ccc2nc3cc(Cl)ccc3c(NCCCN3C(=O)CCSC3c3ccc(Cl)cc3)c2c1. The Balaban J connectivity index is 1.36. The highest BCUT2D eigenvalue weighted by Gasteiger charge is 2.29. The van der Waals surface area contributed by atoms with Gasteiger partial charge in [-0.25, -0.2) is 4.98 Å². The zero-order valence-corrected chi connectivity index (χ0v) is 21.6. The summed E-state index contributed by atoms with van der Waals surface area (Å²) in [6.45, 7) is 1.37. The molecule has 1 fully saturated rings. The Labute approximate surface area is 218 Å². The van der Waals surface area contributed by atoms with Crippen LogP contribution in [0.25, 0.3) is 21.8 Å². The van der Waals surface area contributed by atoms with Crippen LogP contribution in [0.5, 0.6) is 5.75 Å². The fourth-order valence-corrected chi connectivity index (χ4v) is 6.00. The lowest BCUT2D eigenvalue weighted by atomic mass is 10.1. The standard InChI is InChI=1S/C27H25Cl2N3O2S/c1-34-20-8-10-23-22(16-20)26(21-9-7-19(29)15-24(21)31-23)30-12-2-13-32-25(33)11-14-35-27(32)17-3-5-18(28)6-4-17/h3-10,15-16,27H,2,11-14H2,1H3,(H,30,31). The van der Waals surface area contributed by atoms with E-state index in [1.54, 1.807) is 18.9 Å². The molecule has 2 heterocycles. The van der Waals surface area contributed by atoms with Gasteiger partial charge in [0, 0.05) is 46.1 Å². The van der Waals surface area contributed by atoms with E-state index in [9.17, 15) is 4.79 Å². The van der Waals surface area contributed by atoms with Crippen molar-refractivity contribution in [1.82, 2.24) is 9.88 Å². The summed E-state index contributed by atoms with van der Waals surface area (Å²) >= 11 is 14.1. The quantitative estimate of drug-likeness (QED) is 0.204. The fraction of sp³-hybridized carbons (Fsp3) is 0.259. The maximum Gasteiger partial charge on any atom is 0.224 e. The molecule has 180 valence electrons. The Morgan fingerprint density at radius 2 is 1.83 bits per heavy atom. The largest absolute Gasteiger partial charge is 0.497 e. The summed E-state index contributed by atoms with van der Waals surface area (Å²) < 4.78 is 5.46. The van der Waals surface area contributed by atoms with Gasteiger partial charge in [0.2, 0.25) is 5.91 Å². The summed E-state index contributed by atoms with van der Waals surface area (Å²) in [5.41, 5.74) is 3.81. The first-order chi connectivity index (χ1) is 17.0. The molecule has 1 aliphatic rings. The number of ether oxygens (including phenoxy) is 1. The predicted octanol–water partition coefficient (Wildman–Crippen LogP) is 7.17. The molecule has 5 rings (SSSR count). The Hall–Kier alpha value is -2.67. The summed E-state index contributed by atoms with van der Waals surface area (Å²) in [6.07, 6.45) is 1.38. The number of hydrogen-bond acceptors (Lipinski definition) is 5. The molecule has 0 spiro atoms. The number of rotatable bonds is 7. The van der Waals surface area contributed by atoms with Crippen molar-refractivity contribution < 1.29 is 9.53 Å². The summed E-state index contributed by atoms with van der Waals surface area (Å²) in [6, 6.07) is 19.4. The van der Waals surface area contributed by atoms with E-state index >= 15 is 0 Å². The van der Waals surface area contributed by atoms with Gasteiger partial charge in [0.25, 0.3) is 0 Å². The van der Waals surface area contributed by atoms with Crippen LogP contribution in [0.15, 0.2) is 60.7 Å². The number of anilines is 1. The van der Waals surface area contributed by atoms with E-state index in [1.165, 1.54) is 0 Å². The summed E-state index contributed by atoms with van der Waals surface area (Å²) in [5, 5.41) is 6.97. The smallest absolute Gasteiger partial charge is 0.224 e. The first kappa shape index (κ1) is 24.0. The van der Waals surface area contributed by atoms with E-state index in [-0.39, 0.29) is 11.3 Å². The maximum absolute atomic E-state index is 12.8. The summed E-state index contributed by atoms with van der Waals surface area (Å²) in [5.74, 6) is 1.81. The highest BCUT2D eigenvalue weighted by molar-refractivity contribution is 7.99. The molecule has 0 aliphatic carbocycles. The minimum absolute atomic E-state index is 0.0162. The van der Waals surface area contributed by atoms with Crippen molar-refractivity contribution in [2.24, 2.45) is 0 Å². The van der Waals surface area contributed by atoms with Crippen LogP contribution in [0.4, 0.5) is 5.69 Å². The molecule has 0 radical (unpaired) electrons. The van der Waals surface area contributed by atoms with Crippen LogP contribution >= 0.6 is 35.0 Å². The number of carbonyl (C=O) groups excluding carboxylic acids is 1. The van der Waals surface area contributed by atoms with Crippen molar-refractivity contribution >= 4 is 68.4 Å². The molecular formula is C27H25Cl2N3O2S. The molecule has 3 aromatic carbocycles. The molecule has 35 heavy (non-hydrogen) atoms. The summed E-state index contributed by atoms with van der Waals surface area (Å²) in [7, 11) is 1.66. The molecule has 1 unspecified atom stereocenters. The molecule has 1 amide bonds. The van der Waals surface area contributed by atoms with E-state index in [0.717, 1.165) is 51.0 Å². The van der Waals surface area contributed by atoms with Gasteiger partial charge < -0.3 is 15.0 Å². The number of hydrogen-bond donors (Lipinski definition) is 1. The molecule has 5 nitrogen and oxygen atoms in total. The molecule has 1 atom stereocenters. The van der Waals surface area contributed by atoms with E-state index < -0.39 is 0 Å². The minimum atomic E-state index is 0.0162. The minimum Gasteiger partial charge on any atom is -0.497 e. The molecule has 0 saturated carbocycles. The van der Waals surface area contributed by atoms with Crippen LogP contribution in [0.2, 0.25) is 10.0 Å². The third-order valence-corrected chi connectivity index (χ3v) is 7.94. The predicted molar refractivity (Wildman–Crippen MR) is 147 cm³/mol. The van der Waals surface area contributed by atoms with E-state index in [4.69, 9.17) is 32.9 Å². The van der Waals surface area contributed by atoms with Gasteiger partial charge in [-0.1, -0.05) is 35.3 Å². The molecule has 1 saturated heterocycles. The Morgan fingerprint density at radius 1 is 1.03 bits per heavy atom. The average molecular weight is 526 g/mol. The molecule has 1 aliphatic heterocycles. The highest BCUT2D eigenvalue weighted by atomic mass is 35.5. The van der Waals surface area contributed by atoms with Crippen molar-refractivity contribution in [2.75, 3.05) is 31.3 Å². The fourth-order valence-electron chi connectivity index (χ4n) is 4.44. The van der Waals surface area contributed by atoms with Crippen molar-refractivity contribution in [1.29, 1.82) is 0 Å². The van der Waals surface area contributed by atoms with E-state index in [0.29, 0.717) is 29.6 Å². The average Bonchev–Trinajstić information content (AvgIpc) is 2.86. The molecule has 4 aromatic rings. The van der Waals surface area contributed by atoms with Crippen LogP contribution in [0.3, 0.4) is 0 Å². The maximum atomic E-state index is 12.8. The lowest BCUT2D eigenvalue weighted by Gasteiger charge is -2.35. The van der Waals surface area contributed by atoms with Crippen molar-refractivity contribution in [2.45, 2.75) is 18.2 Å². The monoisotopic (exact) mass is 525 g/mol. The van der Waals surface area contributed by atoms with Gasteiger partial charge in [-0.3, -0.25) is 4.79 Å². The number of aromatic nitrogens is 1. The Morgan fingerprint density at radius 3 is 2.63 bits per heavy atom. The van der Waals surface area contributed by atoms with Gasteiger partial charge in [0.05, 0.1) is 23.8 Å². The first-order valence-electron chi connectivity index (χ1n) is 11.5. The van der Waals surface area contributed by atoms with E-state index in [1.807, 2.05) is 65.6 Å². The second-order valence-electron chi connectivity index (χ2n) is 8.42. The van der Waals surface area contributed by atoms with Gasteiger partial charge in [0.15, 0.2) is 0 Å². The summed E-state index contributed by atoms with van der Waals surface area (Å²) in [4.78, 5) is 19.6. The first-order valence-corrected chi connectivity index (χ1v) is 13.3. The van der Waals surface area contributed by atoms with Crippen molar-refractivity contribution in [3.05, 3.63) is 76.3 Å². The normalized spacial score (nSPS) is 16.1. The molecule has 8 heteroatoms. The number of benzene rings is 3. The Bertz CT molecular complexity index is 1380. The lowest BCUT2D eigenvalue weighted by Crippen LogP contribution is -2.38. The van der Waals surface area contributed by atoms with Gasteiger partial charge in [0.1, 0.15) is 11.1 Å². The van der Waals surface area contributed by atoms with E-state index in [2.05, 4.69) is 5.32 Å². The van der Waals surface area contributed by atoms with Crippen molar-refractivity contribution in [3.8, 4) is 5.75 Å². The molecule has 1 aromatic heterocycles.